The minimum Gasteiger partial charge on any atom is -0.339 e. The summed E-state index contributed by atoms with van der Waals surface area (Å²) in [7, 11) is 0. The van der Waals surface area contributed by atoms with Gasteiger partial charge in [0.2, 0.25) is 5.91 Å². The van der Waals surface area contributed by atoms with Gasteiger partial charge in [-0.1, -0.05) is 36.4 Å². The quantitative estimate of drug-likeness (QED) is 0.788. The largest absolute Gasteiger partial charge is 0.339 e. The monoisotopic (exact) mass is 348 g/mol. The molecular formula is C20H20N4O2. The average Bonchev–Trinajstić information content (AvgIpc) is 3.17. The number of H-pyrrole nitrogens is 1. The van der Waals surface area contributed by atoms with Crippen LogP contribution in [0.5, 0.6) is 0 Å². The number of piperazine rings is 1. The molecule has 1 saturated heterocycles. The topological polar surface area (TPSA) is 69.3 Å². The summed E-state index contributed by atoms with van der Waals surface area (Å²) < 4.78 is 0. The molecule has 0 aliphatic carbocycles. The van der Waals surface area contributed by atoms with Crippen molar-refractivity contribution in [3.63, 3.8) is 0 Å². The number of benzene rings is 2. The van der Waals surface area contributed by atoms with Crippen molar-refractivity contribution < 1.29 is 9.59 Å². The van der Waals surface area contributed by atoms with Crippen LogP contribution in [0.15, 0.2) is 54.7 Å². The molecule has 2 heterocycles. The van der Waals surface area contributed by atoms with Crippen molar-refractivity contribution in [2.45, 2.75) is 6.42 Å². The molecule has 2 amide bonds. The van der Waals surface area contributed by atoms with Crippen LogP contribution in [-0.4, -0.2) is 58.0 Å². The van der Waals surface area contributed by atoms with E-state index in [0.717, 1.165) is 16.5 Å². The lowest BCUT2D eigenvalue weighted by Crippen LogP contribution is -2.51. The minimum atomic E-state index is -0.00726. The molecule has 0 spiro atoms. The van der Waals surface area contributed by atoms with E-state index in [1.807, 2.05) is 58.3 Å². The number of fused-ring (bicyclic) bond motifs is 1. The van der Waals surface area contributed by atoms with Gasteiger partial charge in [-0.25, -0.2) is 0 Å². The lowest BCUT2D eigenvalue weighted by molar-refractivity contribution is -0.131. The van der Waals surface area contributed by atoms with Crippen LogP contribution in [-0.2, 0) is 11.2 Å². The Morgan fingerprint density at radius 3 is 2.42 bits per heavy atom. The molecule has 1 aromatic heterocycles. The van der Waals surface area contributed by atoms with Gasteiger partial charge in [-0.15, -0.1) is 0 Å². The number of aromatic amines is 1. The molecule has 0 unspecified atom stereocenters. The van der Waals surface area contributed by atoms with Gasteiger partial charge in [0, 0.05) is 31.6 Å². The summed E-state index contributed by atoms with van der Waals surface area (Å²) in [6.07, 6.45) is 2.09. The Balaban J connectivity index is 1.39. The van der Waals surface area contributed by atoms with E-state index in [-0.39, 0.29) is 11.8 Å². The first-order valence-corrected chi connectivity index (χ1v) is 8.75. The molecule has 2 aromatic carbocycles. The van der Waals surface area contributed by atoms with Gasteiger partial charge in [-0.3, -0.25) is 14.7 Å². The third-order valence-electron chi connectivity index (χ3n) is 4.83. The van der Waals surface area contributed by atoms with Crippen molar-refractivity contribution in [2.24, 2.45) is 0 Å². The van der Waals surface area contributed by atoms with Crippen LogP contribution in [0.1, 0.15) is 15.9 Å². The summed E-state index contributed by atoms with van der Waals surface area (Å²) in [5.41, 5.74) is 2.52. The molecule has 0 atom stereocenters. The number of nitrogens with zero attached hydrogens (tertiary/aromatic N) is 3. The molecule has 0 radical (unpaired) electrons. The molecule has 1 aliphatic rings. The lowest BCUT2D eigenvalue weighted by Gasteiger charge is -2.35. The number of hydrogen-bond acceptors (Lipinski definition) is 3. The molecule has 0 bridgehead atoms. The standard InChI is InChI=1S/C20H20N4O2/c25-19(13-15-5-2-1-3-6-15)23-9-11-24(12-10-23)20(26)16-7-4-8-18-17(16)14-21-22-18/h1-8,14H,9-13H2,(H,21,22). The normalized spacial score (nSPS) is 14.6. The molecule has 1 N–H and O–H groups in total. The van der Waals surface area contributed by atoms with Crippen LogP contribution in [0.2, 0.25) is 0 Å². The number of aromatic nitrogens is 2. The second kappa shape index (κ2) is 7.00. The van der Waals surface area contributed by atoms with E-state index < -0.39 is 0 Å². The van der Waals surface area contributed by atoms with Crippen LogP contribution >= 0.6 is 0 Å². The molecular weight excluding hydrogens is 328 g/mol. The fraction of sp³-hybridized carbons (Fsp3) is 0.250. The van der Waals surface area contributed by atoms with E-state index in [9.17, 15) is 9.59 Å². The Labute approximate surface area is 151 Å². The third-order valence-corrected chi connectivity index (χ3v) is 4.83. The van der Waals surface area contributed by atoms with Crippen LogP contribution in [0, 0.1) is 0 Å². The summed E-state index contributed by atoms with van der Waals surface area (Å²) >= 11 is 0. The highest BCUT2D eigenvalue weighted by molar-refractivity contribution is 6.06. The van der Waals surface area contributed by atoms with Crippen LogP contribution in [0.3, 0.4) is 0 Å². The van der Waals surface area contributed by atoms with Crippen molar-refractivity contribution in [3.05, 3.63) is 65.9 Å². The summed E-state index contributed by atoms with van der Waals surface area (Å²) in [5, 5.41) is 7.74. The van der Waals surface area contributed by atoms with Gasteiger partial charge >= 0.3 is 0 Å². The predicted octanol–water partition coefficient (Wildman–Crippen LogP) is 2.09. The molecule has 6 nitrogen and oxygen atoms in total. The van der Waals surface area contributed by atoms with Crippen LogP contribution in [0.25, 0.3) is 10.9 Å². The number of carbonyl (C=O) groups excluding carboxylic acids is 2. The van der Waals surface area contributed by atoms with E-state index >= 15 is 0 Å². The fourth-order valence-electron chi connectivity index (χ4n) is 3.37. The fourth-order valence-corrected chi connectivity index (χ4v) is 3.37. The van der Waals surface area contributed by atoms with Crippen molar-refractivity contribution >= 4 is 22.7 Å². The first-order valence-electron chi connectivity index (χ1n) is 8.75. The van der Waals surface area contributed by atoms with Crippen molar-refractivity contribution in [1.82, 2.24) is 20.0 Å². The number of hydrogen-bond donors (Lipinski definition) is 1. The van der Waals surface area contributed by atoms with E-state index in [2.05, 4.69) is 10.2 Å². The molecule has 0 saturated carbocycles. The summed E-state index contributed by atoms with van der Waals surface area (Å²) in [6.45, 7) is 2.23. The first kappa shape index (κ1) is 16.3. The number of rotatable bonds is 3. The molecule has 1 aliphatic heterocycles. The number of amides is 2. The van der Waals surface area contributed by atoms with Crippen LogP contribution in [0.4, 0.5) is 0 Å². The molecule has 3 aromatic rings. The Bertz CT molecular complexity index is 927. The van der Waals surface area contributed by atoms with Crippen LogP contribution < -0.4 is 0 Å². The highest BCUT2D eigenvalue weighted by Gasteiger charge is 2.25. The van der Waals surface area contributed by atoms with E-state index in [1.165, 1.54) is 0 Å². The molecule has 26 heavy (non-hydrogen) atoms. The zero-order chi connectivity index (χ0) is 17.9. The maximum Gasteiger partial charge on any atom is 0.254 e. The molecule has 4 rings (SSSR count). The van der Waals surface area contributed by atoms with Crippen molar-refractivity contribution in [1.29, 1.82) is 0 Å². The zero-order valence-electron chi connectivity index (χ0n) is 14.4. The third kappa shape index (κ3) is 3.18. The number of carbonyl (C=O) groups is 2. The maximum atomic E-state index is 12.9. The maximum absolute atomic E-state index is 12.9. The summed E-state index contributed by atoms with van der Waals surface area (Å²) in [6, 6.07) is 15.3. The predicted molar refractivity (Wildman–Crippen MR) is 98.7 cm³/mol. The Hall–Kier alpha value is -3.15. The summed E-state index contributed by atoms with van der Waals surface area (Å²) in [4.78, 5) is 29.0. The smallest absolute Gasteiger partial charge is 0.254 e. The van der Waals surface area contributed by atoms with Gasteiger partial charge in [-0.05, 0) is 17.7 Å². The van der Waals surface area contributed by atoms with E-state index in [0.29, 0.717) is 38.2 Å². The summed E-state index contributed by atoms with van der Waals surface area (Å²) in [5.74, 6) is 0.104. The molecule has 1 fully saturated rings. The van der Waals surface area contributed by atoms with Gasteiger partial charge < -0.3 is 9.80 Å². The number of nitrogens with one attached hydrogen (secondary N) is 1. The highest BCUT2D eigenvalue weighted by atomic mass is 16.2. The zero-order valence-corrected chi connectivity index (χ0v) is 14.4. The molecule has 6 heteroatoms. The second-order valence-corrected chi connectivity index (χ2v) is 6.47. The van der Waals surface area contributed by atoms with Gasteiger partial charge in [0.25, 0.3) is 5.91 Å². The lowest BCUT2D eigenvalue weighted by atomic mass is 10.1. The Kier molecular flexibility index (Phi) is 4.39. The Morgan fingerprint density at radius 1 is 0.923 bits per heavy atom. The van der Waals surface area contributed by atoms with E-state index in [4.69, 9.17) is 0 Å². The second-order valence-electron chi connectivity index (χ2n) is 6.47. The van der Waals surface area contributed by atoms with Crippen molar-refractivity contribution in [2.75, 3.05) is 26.2 Å². The van der Waals surface area contributed by atoms with Gasteiger partial charge in [0.05, 0.1) is 23.7 Å². The van der Waals surface area contributed by atoms with Gasteiger partial charge in [0.15, 0.2) is 0 Å². The highest BCUT2D eigenvalue weighted by Crippen LogP contribution is 2.19. The first-order chi connectivity index (χ1) is 12.7. The minimum absolute atomic E-state index is 0.00726. The van der Waals surface area contributed by atoms with Crippen molar-refractivity contribution in [3.8, 4) is 0 Å². The Morgan fingerprint density at radius 2 is 1.65 bits per heavy atom. The van der Waals surface area contributed by atoms with E-state index in [1.54, 1.807) is 6.20 Å². The average molecular weight is 348 g/mol. The SMILES string of the molecule is O=C(Cc1ccccc1)N1CCN(C(=O)c2cccc3[nH]ncc23)CC1. The molecule has 132 valence electrons. The van der Waals surface area contributed by atoms with Gasteiger partial charge in [-0.2, -0.15) is 5.10 Å². The van der Waals surface area contributed by atoms with Gasteiger partial charge in [0.1, 0.15) is 0 Å².